The van der Waals surface area contributed by atoms with Crippen LogP contribution in [-0.2, 0) is 22.4 Å². The minimum atomic E-state index is -5.44. The first-order valence-electron chi connectivity index (χ1n) is 7.81. The highest BCUT2D eigenvalue weighted by atomic mass is 32.2. The average Bonchev–Trinajstić information content (AvgIpc) is 3.01. The Labute approximate surface area is 163 Å². The summed E-state index contributed by atoms with van der Waals surface area (Å²) in [4.78, 5) is 12.2. The topological polar surface area (TPSA) is 95.1 Å². The molecule has 0 radical (unpaired) electrons. The fraction of sp³-hybridized carbons (Fsp3) is 0.188. The fourth-order valence-electron chi connectivity index (χ4n) is 2.69. The summed E-state index contributed by atoms with van der Waals surface area (Å²) in [5.74, 6) is -2.11. The van der Waals surface area contributed by atoms with Crippen molar-refractivity contribution in [2.45, 2.75) is 24.2 Å². The van der Waals surface area contributed by atoms with Gasteiger partial charge in [-0.15, -0.1) is 0 Å². The quantitative estimate of drug-likeness (QED) is 0.330. The van der Waals surface area contributed by atoms with Crippen molar-refractivity contribution in [2.75, 3.05) is 0 Å². The van der Waals surface area contributed by atoms with Gasteiger partial charge in [0.25, 0.3) is 15.7 Å². The summed E-state index contributed by atoms with van der Waals surface area (Å²) in [6, 6.07) is 4.56. The standard InChI is InChI=1S/C16H9F6N3O4S/c1-8-2-4-10(5-3-8)30(28,29)24-13-11(23-14(24)16(20,21)22)6-9(15(17,18)19)7-12(13)25(26)27/h2-7H,1H3. The summed E-state index contributed by atoms with van der Waals surface area (Å²) in [5.41, 5.74) is -4.92. The molecule has 3 rings (SSSR count). The predicted molar refractivity (Wildman–Crippen MR) is 90.2 cm³/mol. The molecule has 0 aliphatic rings. The number of non-ortho nitro benzene ring substituents is 1. The van der Waals surface area contributed by atoms with Gasteiger partial charge in [0, 0.05) is 6.07 Å². The number of alkyl halides is 6. The van der Waals surface area contributed by atoms with Crippen molar-refractivity contribution in [3.8, 4) is 0 Å². The van der Waals surface area contributed by atoms with Crippen LogP contribution in [0, 0.1) is 17.0 Å². The number of nitro benzene ring substituents is 1. The van der Waals surface area contributed by atoms with E-state index in [9.17, 15) is 44.9 Å². The molecule has 3 aromatic rings. The molecule has 0 N–H and O–H groups in total. The number of hydrogen-bond acceptors (Lipinski definition) is 5. The van der Waals surface area contributed by atoms with Crippen LogP contribution in [-0.4, -0.2) is 22.3 Å². The molecule has 0 saturated heterocycles. The van der Waals surface area contributed by atoms with E-state index in [0.29, 0.717) is 5.56 Å². The van der Waals surface area contributed by atoms with Crippen LogP contribution in [0.3, 0.4) is 0 Å². The molecular formula is C16H9F6N3O4S. The zero-order chi connectivity index (χ0) is 22.6. The highest BCUT2D eigenvalue weighted by Crippen LogP contribution is 2.41. The van der Waals surface area contributed by atoms with Crippen molar-refractivity contribution in [1.82, 2.24) is 8.96 Å². The zero-order valence-electron chi connectivity index (χ0n) is 14.6. The second-order valence-corrected chi connectivity index (χ2v) is 7.92. The number of aromatic nitrogens is 2. The lowest BCUT2D eigenvalue weighted by molar-refractivity contribution is -0.383. The van der Waals surface area contributed by atoms with Gasteiger partial charge in [-0.3, -0.25) is 10.1 Å². The van der Waals surface area contributed by atoms with E-state index in [0.717, 1.165) is 12.1 Å². The average molecular weight is 453 g/mol. The number of imidazole rings is 1. The van der Waals surface area contributed by atoms with Crippen LogP contribution in [0.1, 0.15) is 17.0 Å². The predicted octanol–water partition coefficient (Wildman–Crippen LogP) is 4.53. The molecule has 2 aromatic carbocycles. The van der Waals surface area contributed by atoms with E-state index in [2.05, 4.69) is 4.98 Å². The van der Waals surface area contributed by atoms with Crippen LogP contribution < -0.4 is 0 Å². The first-order valence-corrected chi connectivity index (χ1v) is 9.25. The Morgan fingerprint density at radius 2 is 1.57 bits per heavy atom. The molecule has 7 nitrogen and oxygen atoms in total. The Bertz CT molecular complexity index is 1260. The van der Waals surface area contributed by atoms with Gasteiger partial charge in [-0.25, -0.2) is 17.4 Å². The number of benzene rings is 2. The highest BCUT2D eigenvalue weighted by Gasteiger charge is 2.44. The Kier molecular flexibility index (Phi) is 4.80. The summed E-state index contributed by atoms with van der Waals surface area (Å²) in [7, 11) is -5.11. The van der Waals surface area contributed by atoms with Crippen molar-refractivity contribution >= 4 is 26.7 Å². The summed E-state index contributed by atoms with van der Waals surface area (Å²) in [6.07, 6.45) is -10.6. The minimum Gasteiger partial charge on any atom is -0.258 e. The van der Waals surface area contributed by atoms with Gasteiger partial charge in [0.1, 0.15) is 0 Å². The molecule has 0 unspecified atom stereocenters. The van der Waals surface area contributed by atoms with E-state index < -0.39 is 64.3 Å². The maximum absolute atomic E-state index is 13.5. The lowest BCUT2D eigenvalue weighted by Crippen LogP contribution is -2.22. The van der Waals surface area contributed by atoms with Crippen LogP contribution >= 0.6 is 0 Å². The van der Waals surface area contributed by atoms with Crippen LogP contribution in [0.5, 0.6) is 0 Å². The maximum atomic E-state index is 13.5. The lowest BCUT2D eigenvalue weighted by Gasteiger charge is -2.13. The van der Waals surface area contributed by atoms with Gasteiger partial charge in [0.2, 0.25) is 5.82 Å². The molecule has 0 fully saturated rings. The molecular weight excluding hydrogens is 444 g/mol. The van der Waals surface area contributed by atoms with Crippen molar-refractivity contribution in [3.05, 3.63) is 63.5 Å². The minimum absolute atomic E-state index is 0.0364. The normalized spacial score (nSPS) is 13.0. The maximum Gasteiger partial charge on any atom is 0.450 e. The first-order chi connectivity index (χ1) is 13.6. The van der Waals surface area contributed by atoms with E-state index in [1.807, 2.05) is 0 Å². The summed E-state index contributed by atoms with van der Waals surface area (Å²) in [5, 5.41) is 11.3. The van der Waals surface area contributed by atoms with Crippen LogP contribution in [0.4, 0.5) is 32.0 Å². The molecule has 0 amide bonds. The van der Waals surface area contributed by atoms with Gasteiger partial charge < -0.3 is 0 Å². The lowest BCUT2D eigenvalue weighted by atomic mass is 10.1. The largest absolute Gasteiger partial charge is 0.450 e. The summed E-state index contributed by atoms with van der Waals surface area (Å²) < 4.78 is 105. The van der Waals surface area contributed by atoms with Crippen molar-refractivity contribution < 1.29 is 39.7 Å². The fourth-order valence-corrected chi connectivity index (χ4v) is 4.18. The highest BCUT2D eigenvalue weighted by molar-refractivity contribution is 7.90. The van der Waals surface area contributed by atoms with Crippen LogP contribution in [0.25, 0.3) is 11.0 Å². The molecule has 30 heavy (non-hydrogen) atoms. The summed E-state index contributed by atoms with van der Waals surface area (Å²) >= 11 is 0. The van der Waals surface area contributed by atoms with Gasteiger partial charge in [-0.1, -0.05) is 17.7 Å². The Balaban J connectivity index is 2.51. The van der Waals surface area contributed by atoms with Gasteiger partial charge in [0.15, 0.2) is 5.52 Å². The molecule has 1 heterocycles. The molecule has 14 heteroatoms. The van der Waals surface area contributed by atoms with Crippen molar-refractivity contribution in [3.63, 3.8) is 0 Å². The SMILES string of the molecule is Cc1ccc(S(=O)(=O)n2c(C(F)(F)F)nc3cc(C(F)(F)F)cc([N+](=O)[O-])c32)cc1. The molecule has 0 aliphatic carbocycles. The number of fused-ring (bicyclic) bond motifs is 1. The Morgan fingerprint density at radius 1 is 1.00 bits per heavy atom. The van der Waals surface area contributed by atoms with Gasteiger partial charge in [-0.2, -0.15) is 26.3 Å². The molecule has 160 valence electrons. The van der Waals surface area contributed by atoms with Crippen molar-refractivity contribution in [2.24, 2.45) is 0 Å². The van der Waals surface area contributed by atoms with E-state index in [1.54, 1.807) is 6.92 Å². The van der Waals surface area contributed by atoms with Crippen molar-refractivity contribution in [1.29, 1.82) is 0 Å². The van der Waals surface area contributed by atoms with Gasteiger partial charge in [-0.05, 0) is 25.1 Å². The Morgan fingerprint density at radius 3 is 2.03 bits per heavy atom. The first kappa shape index (κ1) is 21.5. The van der Waals surface area contributed by atoms with Crippen LogP contribution in [0.15, 0.2) is 41.3 Å². The third kappa shape index (κ3) is 3.58. The second kappa shape index (κ2) is 6.68. The van der Waals surface area contributed by atoms with E-state index in [1.165, 1.54) is 12.1 Å². The molecule has 0 spiro atoms. The van der Waals surface area contributed by atoms with Gasteiger partial charge in [0.05, 0.1) is 20.9 Å². The molecule has 0 aliphatic heterocycles. The van der Waals surface area contributed by atoms with Crippen LogP contribution in [0.2, 0.25) is 0 Å². The van der Waals surface area contributed by atoms with E-state index in [-0.39, 0.29) is 12.1 Å². The number of nitrogens with zero attached hydrogens (tertiary/aromatic N) is 3. The summed E-state index contributed by atoms with van der Waals surface area (Å²) in [6.45, 7) is 1.58. The van der Waals surface area contributed by atoms with E-state index >= 15 is 0 Å². The number of rotatable bonds is 3. The third-order valence-electron chi connectivity index (χ3n) is 4.03. The number of nitro groups is 1. The third-order valence-corrected chi connectivity index (χ3v) is 5.73. The monoisotopic (exact) mass is 453 g/mol. The second-order valence-electron chi connectivity index (χ2n) is 6.13. The number of hydrogen-bond donors (Lipinski definition) is 0. The van der Waals surface area contributed by atoms with Gasteiger partial charge >= 0.3 is 12.4 Å². The molecule has 0 atom stereocenters. The zero-order valence-corrected chi connectivity index (χ0v) is 15.4. The number of aryl methyl sites for hydroxylation is 1. The molecule has 0 bridgehead atoms. The Hall–Kier alpha value is -3.16. The van der Waals surface area contributed by atoms with E-state index in [4.69, 9.17) is 0 Å². The smallest absolute Gasteiger partial charge is 0.258 e. The molecule has 1 aromatic heterocycles. The number of halogens is 6. The molecule has 0 saturated carbocycles.